The highest BCUT2D eigenvalue weighted by molar-refractivity contribution is 6.30. The summed E-state index contributed by atoms with van der Waals surface area (Å²) in [5.74, 6) is 0.109. The first kappa shape index (κ1) is 8.81. The van der Waals surface area contributed by atoms with Crippen molar-refractivity contribution in [1.29, 1.82) is 0 Å². The number of carbonyl (C=O) groups is 1. The number of benzene rings is 1. The average molecular weight is 183 g/mol. The summed E-state index contributed by atoms with van der Waals surface area (Å²) in [5.41, 5.74) is 0.537. The van der Waals surface area contributed by atoms with E-state index in [2.05, 4.69) is 0 Å². The molecule has 12 heavy (non-hydrogen) atoms. The summed E-state index contributed by atoms with van der Waals surface area (Å²) in [6.07, 6.45) is 3.43. The minimum atomic E-state index is 0.109. The minimum absolute atomic E-state index is 0.109. The fourth-order valence-corrected chi connectivity index (χ4v) is 0.982. The van der Waals surface area contributed by atoms with E-state index in [1.807, 2.05) is 0 Å². The highest BCUT2D eigenvalue weighted by Crippen LogP contribution is 2.22. The van der Waals surface area contributed by atoms with Crippen molar-refractivity contribution in [2.45, 2.75) is 0 Å². The minimum Gasteiger partial charge on any atom is -0.507 e. The molecule has 1 aromatic carbocycles. The van der Waals surface area contributed by atoms with Crippen molar-refractivity contribution >= 4 is 24.0 Å². The fourth-order valence-electron chi connectivity index (χ4n) is 0.802. The molecular formula is C9H7ClO2. The number of rotatable bonds is 2. The third-order valence-electron chi connectivity index (χ3n) is 1.34. The summed E-state index contributed by atoms with van der Waals surface area (Å²) >= 11 is 5.66. The Hall–Kier alpha value is -1.28. The highest BCUT2D eigenvalue weighted by atomic mass is 35.5. The van der Waals surface area contributed by atoms with Crippen LogP contribution in [0.25, 0.3) is 6.08 Å². The first-order valence-electron chi connectivity index (χ1n) is 3.34. The number of aromatic hydroxyl groups is 1. The quantitative estimate of drug-likeness (QED) is 0.563. The van der Waals surface area contributed by atoms with E-state index in [0.717, 1.165) is 0 Å². The molecule has 2 nitrogen and oxygen atoms in total. The number of halogens is 1. The van der Waals surface area contributed by atoms with Crippen LogP contribution in [0.2, 0.25) is 5.02 Å². The van der Waals surface area contributed by atoms with E-state index in [4.69, 9.17) is 11.6 Å². The van der Waals surface area contributed by atoms with Crippen LogP contribution in [0.4, 0.5) is 0 Å². The number of allylic oxidation sites excluding steroid dienone is 1. The van der Waals surface area contributed by atoms with Crippen molar-refractivity contribution in [3.63, 3.8) is 0 Å². The molecular weight excluding hydrogens is 176 g/mol. The molecule has 0 heterocycles. The predicted octanol–water partition coefficient (Wildman–Crippen LogP) is 2.26. The molecule has 0 spiro atoms. The Morgan fingerprint density at radius 1 is 1.42 bits per heavy atom. The van der Waals surface area contributed by atoms with Gasteiger partial charge in [-0.2, -0.15) is 0 Å². The third-order valence-corrected chi connectivity index (χ3v) is 1.58. The molecule has 0 aliphatic carbocycles. The van der Waals surface area contributed by atoms with Gasteiger partial charge < -0.3 is 5.11 Å². The van der Waals surface area contributed by atoms with Crippen LogP contribution in [0.1, 0.15) is 5.56 Å². The second-order valence-electron chi connectivity index (χ2n) is 2.20. The van der Waals surface area contributed by atoms with Crippen molar-refractivity contribution in [2.75, 3.05) is 0 Å². The van der Waals surface area contributed by atoms with Crippen molar-refractivity contribution in [2.24, 2.45) is 0 Å². The molecule has 3 heteroatoms. The van der Waals surface area contributed by atoms with E-state index in [1.165, 1.54) is 18.2 Å². The number of carbonyl (C=O) groups excluding carboxylic acids is 1. The van der Waals surface area contributed by atoms with E-state index >= 15 is 0 Å². The Labute approximate surface area is 75.1 Å². The normalized spacial score (nSPS) is 10.4. The summed E-state index contributed by atoms with van der Waals surface area (Å²) < 4.78 is 0. The lowest BCUT2D eigenvalue weighted by Gasteiger charge is -1.97. The molecule has 0 radical (unpaired) electrons. The number of phenols is 1. The first-order chi connectivity index (χ1) is 5.74. The maximum Gasteiger partial charge on any atom is 0.142 e. The van der Waals surface area contributed by atoms with E-state index in [1.54, 1.807) is 12.1 Å². The molecule has 0 unspecified atom stereocenters. The number of hydrogen-bond acceptors (Lipinski definition) is 2. The molecule has 1 aromatic rings. The van der Waals surface area contributed by atoms with Gasteiger partial charge in [-0.05, 0) is 30.4 Å². The van der Waals surface area contributed by atoms with Crippen LogP contribution < -0.4 is 0 Å². The molecule has 0 saturated heterocycles. The lowest BCUT2D eigenvalue weighted by atomic mass is 10.2. The summed E-state index contributed by atoms with van der Waals surface area (Å²) in [6, 6.07) is 4.64. The van der Waals surface area contributed by atoms with Crippen LogP contribution in [0.3, 0.4) is 0 Å². The monoisotopic (exact) mass is 182 g/mol. The predicted molar refractivity (Wildman–Crippen MR) is 48.2 cm³/mol. The van der Waals surface area contributed by atoms with Gasteiger partial charge in [0, 0.05) is 10.6 Å². The number of phenolic OH excluding ortho intramolecular Hbond substituents is 1. The topological polar surface area (TPSA) is 37.3 Å². The molecule has 0 bridgehead atoms. The summed E-state index contributed by atoms with van der Waals surface area (Å²) in [7, 11) is 0. The van der Waals surface area contributed by atoms with Gasteiger partial charge in [0.2, 0.25) is 0 Å². The highest BCUT2D eigenvalue weighted by Gasteiger charge is 1.96. The molecule has 0 aliphatic rings. The number of aldehydes is 1. The lowest BCUT2D eigenvalue weighted by molar-refractivity contribution is -0.104. The Morgan fingerprint density at radius 3 is 2.83 bits per heavy atom. The largest absolute Gasteiger partial charge is 0.507 e. The Bertz CT molecular complexity index is 318. The lowest BCUT2D eigenvalue weighted by Crippen LogP contribution is -1.74. The van der Waals surface area contributed by atoms with Crippen molar-refractivity contribution in [3.8, 4) is 5.75 Å². The van der Waals surface area contributed by atoms with Crippen LogP contribution in [0.5, 0.6) is 5.75 Å². The van der Waals surface area contributed by atoms with Crippen molar-refractivity contribution in [1.82, 2.24) is 0 Å². The van der Waals surface area contributed by atoms with Gasteiger partial charge in [-0.25, -0.2) is 0 Å². The van der Waals surface area contributed by atoms with Gasteiger partial charge in [0.25, 0.3) is 0 Å². The second-order valence-corrected chi connectivity index (χ2v) is 2.63. The maximum absolute atomic E-state index is 9.97. The molecule has 0 amide bonds. The van der Waals surface area contributed by atoms with Gasteiger partial charge in [0.05, 0.1) is 0 Å². The Kier molecular flexibility index (Phi) is 2.88. The Balaban J connectivity index is 3.04. The van der Waals surface area contributed by atoms with Crippen LogP contribution in [0.15, 0.2) is 24.3 Å². The summed E-state index contributed by atoms with van der Waals surface area (Å²) in [6.45, 7) is 0. The zero-order valence-corrected chi connectivity index (χ0v) is 6.95. The summed E-state index contributed by atoms with van der Waals surface area (Å²) in [4.78, 5) is 9.97. The van der Waals surface area contributed by atoms with Gasteiger partial charge in [-0.1, -0.05) is 11.6 Å². The molecule has 0 fully saturated rings. The average Bonchev–Trinajstić information content (AvgIpc) is 2.07. The standard InChI is InChI=1S/C9H7ClO2/c10-8-3-4-9(12)7(6-8)2-1-5-11/h1-6,12H/b2-1-. The second kappa shape index (κ2) is 3.93. The molecule has 1 N–H and O–H groups in total. The van der Waals surface area contributed by atoms with Gasteiger partial charge in [0.15, 0.2) is 0 Å². The molecule has 1 rings (SSSR count). The van der Waals surface area contributed by atoms with E-state index in [0.29, 0.717) is 16.9 Å². The molecule has 0 aliphatic heterocycles. The fraction of sp³-hybridized carbons (Fsp3) is 0. The molecule has 62 valence electrons. The van der Waals surface area contributed by atoms with Crippen LogP contribution in [-0.4, -0.2) is 11.4 Å². The van der Waals surface area contributed by atoms with Gasteiger partial charge in [0.1, 0.15) is 12.0 Å². The molecule has 0 aromatic heterocycles. The van der Waals surface area contributed by atoms with Gasteiger partial charge in [-0.15, -0.1) is 0 Å². The van der Waals surface area contributed by atoms with Gasteiger partial charge in [-0.3, -0.25) is 4.79 Å². The number of hydrogen-bond donors (Lipinski definition) is 1. The third kappa shape index (κ3) is 2.10. The maximum atomic E-state index is 9.97. The first-order valence-corrected chi connectivity index (χ1v) is 3.72. The zero-order valence-electron chi connectivity index (χ0n) is 6.20. The van der Waals surface area contributed by atoms with Crippen molar-refractivity contribution in [3.05, 3.63) is 34.9 Å². The van der Waals surface area contributed by atoms with Crippen LogP contribution in [0, 0.1) is 0 Å². The van der Waals surface area contributed by atoms with Crippen molar-refractivity contribution < 1.29 is 9.90 Å². The SMILES string of the molecule is O=C/C=C\c1cc(Cl)ccc1O. The molecule has 0 saturated carbocycles. The van der Waals surface area contributed by atoms with E-state index in [9.17, 15) is 9.90 Å². The van der Waals surface area contributed by atoms with Gasteiger partial charge >= 0.3 is 0 Å². The van der Waals surface area contributed by atoms with Crippen LogP contribution in [-0.2, 0) is 4.79 Å². The zero-order chi connectivity index (χ0) is 8.97. The van der Waals surface area contributed by atoms with E-state index in [-0.39, 0.29) is 5.75 Å². The van der Waals surface area contributed by atoms with E-state index < -0.39 is 0 Å². The Morgan fingerprint density at radius 2 is 2.17 bits per heavy atom. The summed E-state index contributed by atoms with van der Waals surface area (Å²) in [5, 5.41) is 9.76. The van der Waals surface area contributed by atoms with Crippen LogP contribution >= 0.6 is 11.6 Å². The molecule has 0 atom stereocenters. The smallest absolute Gasteiger partial charge is 0.142 e.